The minimum Gasteiger partial charge on any atom is -0.393 e. The van der Waals surface area contributed by atoms with Crippen LogP contribution in [0.3, 0.4) is 0 Å². The standard InChI is InChI=1S/C12H22O2/c1-9(2)10-4-5-12(3,6-7-13)8-11(10)14/h7,9-11,14H,4-6,8H2,1-3H3/t10-,11+,12-/m0/s1. The Kier molecular flexibility index (Phi) is 3.71. The van der Waals surface area contributed by atoms with Gasteiger partial charge in [-0.15, -0.1) is 0 Å². The summed E-state index contributed by atoms with van der Waals surface area (Å²) in [5.41, 5.74) is 0.0482. The van der Waals surface area contributed by atoms with Gasteiger partial charge in [0.2, 0.25) is 0 Å². The predicted molar refractivity (Wildman–Crippen MR) is 57.0 cm³/mol. The van der Waals surface area contributed by atoms with E-state index in [9.17, 15) is 9.90 Å². The van der Waals surface area contributed by atoms with E-state index in [0.29, 0.717) is 18.3 Å². The van der Waals surface area contributed by atoms with Gasteiger partial charge >= 0.3 is 0 Å². The molecule has 14 heavy (non-hydrogen) atoms. The van der Waals surface area contributed by atoms with Gasteiger partial charge in [0.25, 0.3) is 0 Å². The summed E-state index contributed by atoms with van der Waals surface area (Å²) in [6.45, 7) is 6.44. The van der Waals surface area contributed by atoms with E-state index in [-0.39, 0.29) is 11.5 Å². The van der Waals surface area contributed by atoms with Crippen molar-refractivity contribution in [1.29, 1.82) is 0 Å². The van der Waals surface area contributed by atoms with Gasteiger partial charge in [-0.25, -0.2) is 0 Å². The molecule has 2 heteroatoms. The molecular formula is C12H22O2. The van der Waals surface area contributed by atoms with Gasteiger partial charge in [-0.05, 0) is 36.5 Å². The second-order valence-corrected chi connectivity index (χ2v) is 5.40. The van der Waals surface area contributed by atoms with Crippen LogP contribution in [0.4, 0.5) is 0 Å². The maximum Gasteiger partial charge on any atom is 0.120 e. The third-order valence-electron chi connectivity index (χ3n) is 3.71. The number of rotatable bonds is 3. The Morgan fingerprint density at radius 3 is 2.64 bits per heavy atom. The van der Waals surface area contributed by atoms with E-state index in [1.165, 1.54) is 0 Å². The van der Waals surface area contributed by atoms with Gasteiger partial charge in [0.15, 0.2) is 0 Å². The van der Waals surface area contributed by atoms with Gasteiger partial charge in [0.05, 0.1) is 6.10 Å². The van der Waals surface area contributed by atoms with E-state index in [1.54, 1.807) is 0 Å². The lowest BCUT2D eigenvalue weighted by Gasteiger charge is -2.41. The molecule has 0 saturated heterocycles. The van der Waals surface area contributed by atoms with E-state index in [2.05, 4.69) is 20.8 Å². The van der Waals surface area contributed by atoms with E-state index in [1.807, 2.05) is 0 Å². The number of aldehydes is 1. The first-order valence-corrected chi connectivity index (χ1v) is 5.60. The minimum atomic E-state index is -0.214. The monoisotopic (exact) mass is 198 g/mol. The summed E-state index contributed by atoms with van der Waals surface area (Å²) in [7, 11) is 0. The molecule has 0 aliphatic heterocycles. The molecule has 0 amide bonds. The molecule has 1 saturated carbocycles. The van der Waals surface area contributed by atoms with Crippen LogP contribution in [0, 0.1) is 17.3 Å². The summed E-state index contributed by atoms with van der Waals surface area (Å²) < 4.78 is 0. The fourth-order valence-corrected chi connectivity index (χ4v) is 2.63. The maximum absolute atomic E-state index is 10.5. The molecule has 1 rings (SSSR count). The lowest BCUT2D eigenvalue weighted by atomic mass is 9.66. The van der Waals surface area contributed by atoms with Crippen molar-refractivity contribution in [3.8, 4) is 0 Å². The molecule has 1 aliphatic carbocycles. The first-order chi connectivity index (χ1) is 6.48. The number of carbonyl (C=O) groups excluding carboxylic acids is 1. The summed E-state index contributed by atoms with van der Waals surface area (Å²) in [5, 5.41) is 9.99. The quantitative estimate of drug-likeness (QED) is 0.707. The molecule has 0 heterocycles. The van der Waals surface area contributed by atoms with Gasteiger partial charge in [0, 0.05) is 6.42 Å². The SMILES string of the molecule is CC(C)[C@@H]1CC[C@@](C)(CC=O)C[C@H]1O. The summed E-state index contributed by atoms with van der Waals surface area (Å²) in [5.74, 6) is 0.973. The number of carbonyl (C=O) groups is 1. The summed E-state index contributed by atoms with van der Waals surface area (Å²) >= 11 is 0. The highest BCUT2D eigenvalue weighted by Gasteiger charge is 2.37. The molecule has 0 unspecified atom stereocenters. The van der Waals surface area contributed by atoms with Crippen LogP contribution in [0.25, 0.3) is 0 Å². The van der Waals surface area contributed by atoms with Crippen molar-refractivity contribution in [2.24, 2.45) is 17.3 Å². The van der Waals surface area contributed by atoms with Gasteiger partial charge in [-0.3, -0.25) is 0 Å². The van der Waals surface area contributed by atoms with Crippen LogP contribution < -0.4 is 0 Å². The fraction of sp³-hybridized carbons (Fsp3) is 0.917. The largest absolute Gasteiger partial charge is 0.393 e. The predicted octanol–water partition coefficient (Wildman–Crippen LogP) is 2.40. The second-order valence-electron chi connectivity index (χ2n) is 5.40. The van der Waals surface area contributed by atoms with E-state index in [0.717, 1.165) is 25.5 Å². The summed E-state index contributed by atoms with van der Waals surface area (Å²) in [6.07, 6.45) is 4.29. The van der Waals surface area contributed by atoms with Crippen LogP contribution in [0.15, 0.2) is 0 Å². The Morgan fingerprint density at radius 1 is 1.57 bits per heavy atom. The topological polar surface area (TPSA) is 37.3 Å². The molecule has 1 fully saturated rings. The molecule has 3 atom stereocenters. The first kappa shape index (κ1) is 11.7. The van der Waals surface area contributed by atoms with Crippen molar-refractivity contribution in [3.05, 3.63) is 0 Å². The Hall–Kier alpha value is -0.370. The molecule has 0 aromatic heterocycles. The van der Waals surface area contributed by atoms with Crippen LogP contribution in [0.5, 0.6) is 0 Å². The molecule has 0 aromatic rings. The highest BCUT2D eigenvalue weighted by atomic mass is 16.3. The Balaban J connectivity index is 2.58. The average Bonchev–Trinajstić information content (AvgIpc) is 2.02. The third-order valence-corrected chi connectivity index (χ3v) is 3.71. The molecule has 82 valence electrons. The molecule has 2 nitrogen and oxygen atoms in total. The summed E-state index contributed by atoms with van der Waals surface area (Å²) in [4.78, 5) is 10.5. The van der Waals surface area contributed by atoms with E-state index >= 15 is 0 Å². The third kappa shape index (κ3) is 2.57. The van der Waals surface area contributed by atoms with E-state index in [4.69, 9.17) is 0 Å². The average molecular weight is 198 g/mol. The lowest BCUT2D eigenvalue weighted by Crippen LogP contribution is -2.37. The molecule has 1 N–H and O–H groups in total. The Morgan fingerprint density at radius 2 is 2.21 bits per heavy atom. The van der Waals surface area contributed by atoms with Crippen molar-refractivity contribution in [3.63, 3.8) is 0 Å². The van der Waals surface area contributed by atoms with Gasteiger partial charge < -0.3 is 9.90 Å². The number of hydrogen-bond donors (Lipinski definition) is 1. The molecular weight excluding hydrogens is 176 g/mol. The van der Waals surface area contributed by atoms with E-state index < -0.39 is 0 Å². The minimum absolute atomic E-state index is 0.0482. The number of aliphatic hydroxyl groups excluding tert-OH is 1. The normalized spacial score (nSPS) is 38.6. The molecule has 1 aliphatic rings. The zero-order valence-corrected chi connectivity index (χ0v) is 9.49. The van der Waals surface area contributed by atoms with Crippen molar-refractivity contribution in [1.82, 2.24) is 0 Å². The van der Waals surface area contributed by atoms with Crippen molar-refractivity contribution in [2.45, 2.75) is 52.6 Å². The first-order valence-electron chi connectivity index (χ1n) is 5.60. The molecule has 0 bridgehead atoms. The maximum atomic E-state index is 10.5. The van der Waals surface area contributed by atoms with Gasteiger partial charge in [-0.1, -0.05) is 20.8 Å². The highest BCUT2D eigenvalue weighted by molar-refractivity contribution is 5.50. The van der Waals surface area contributed by atoms with Crippen LogP contribution in [-0.4, -0.2) is 17.5 Å². The molecule has 0 radical (unpaired) electrons. The number of aliphatic hydroxyl groups is 1. The van der Waals surface area contributed by atoms with Crippen LogP contribution in [0.2, 0.25) is 0 Å². The Labute approximate surface area is 86.7 Å². The zero-order valence-electron chi connectivity index (χ0n) is 9.49. The molecule has 0 spiro atoms. The smallest absolute Gasteiger partial charge is 0.120 e. The summed E-state index contributed by atoms with van der Waals surface area (Å²) in [6, 6.07) is 0. The second kappa shape index (κ2) is 4.43. The van der Waals surface area contributed by atoms with Crippen molar-refractivity contribution in [2.75, 3.05) is 0 Å². The van der Waals surface area contributed by atoms with Crippen molar-refractivity contribution >= 4 is 6.29 Å². The zero-order chi connectivity index (χ0) is 10.8. The van der Waals surface area contributed by atoms with Crippen LogP contribution in [-0.2, 0) is 4.79 Å². The molecule has 0 aromatic carbocycles. The Bertz CT molecular complexity index is 200. The van der Waals surface area contributed by atoms with Crippen molar-refractivity contribution < 1.29 is 9.90 Å². The number of hydrogen-bond acceptors (Lipinski definition) is 2. The van der Waals surface area contributed by atoms with Gasteiger partial charge in [-0.2, -0.15) is 0 Å². The fourth-order valence-electron chi connectivity index (χ4n) is 2.63. The van der Waals surface area contributed by atoms with Gasteiger partial charge in [0.1, 0.15) is 6.29 Å². The van der Waals surface area contributed by atoms with Crippen LogP contribution in [0.1, 0.15) is 46.5 Å². The van der Waals surface area contributed by atoms with Crippen LogP contribution >= 0.6 is 0 Å². The lowest BCUT2D eigenvalue weighted by molar-refractivity contribution is -0.111. The highest BCUT2D eigenvalue weighted by Crippen LogP contribution is 2.42.